The van der Waals surface area contributed by atoms with Gasteiger partial charge in [-0.15, -0.1) is 0 Å². The zero-order chi connectivity index (χ0) is 21.8. The van der Waals surface area contributed by atoms with Gasteiger partial charge in [0.1, 0.15) is 11.4 Å². The molecule has 3 heterocycles. The number of carboxylic acid groups (broad SMARTS) is 1. The summed E-state index contributed by atoms with van der Waals surface area (Å²) in [6.45, 7) is 6.51. The topological polar surface area (TPSA) is 101 Å². The van der Waals surface area contributed by atoms with Crippen LogP contribution in [0.15, 0.2) is 41.3 Å². The highest BCUT2D eigenvalue weighted by Gasteiger charge is 2.34. The average Bonchev–Trinajstić information content (AvgIpc) is 3.10. The second-order valence-corrected chi connectivity index (χ2v) is 8.43. The van der Waals surface area contributed by atoms with Crippen LogP contribution < -0.4 is 5.43 Å². The van der Waals surface area contributed by atoms with Crippen molar-refractivity contribution >= 4 is 5.97 Å². The van der Waals surface area contributed by atoms with E-state index in [1.807, 2.05) is 31.4 Å². The molecule has 1 atom stereocenters. The Hall–Kier alpha value is -3.73. The van der Waals surface area contributed by atoms with Gasteiger partial charge in [0.15, 0.2) is 5.43 Å². The highest BCUT2D eigenvalue weighted by molar-refractivity contribution is 5.87. The predicted molar refractivity (Wildman–Crippen MR) is 107 cm³/mol. The molecule has 1 aromatic carbocycles. The minimum atomic E-state index is -1.28. The second kappa shape index (κ2) is 6.66. The monoisotopic (exact) mass is 406 g/mol. The van der Waals surface area contributed by atoms with E-state index in [4.69, 9.17) is 0 Å². The largest absolute Gasteiger partial charge is 0.477 e. The molecule has 0 saturated heterocycles. The Kier molecular flexibility index (Phi) is 4.35. The number of nitriles is 1. The summed E-state index contributed by atoms with van der Waals surface area (Å²) >= 11 is 0. The maximum Gasteiger partial charge on any atom is 0.341 e. The first kappa shape index (κ1) is 19.6. The van der Waals surface area contributed by atoms with E-state index in [1.165, 1.54) is 30.5 Å². The maximum absolute atomic E-state index is 13.8. The molecule has 7 nitrogen and oxygen atoms in total. The molecule has 0 bridgehead atoms. The van der Waals surface area contributed by atoms with E-state index >= 15 is 0 Å². The number of aromatic carboxylic acids is 1. The molecule has 0 amide bonds. The number of hydrogen-bond donors (Lipinski definition) is 1. The number of carboxylic acids is 1. The third-order valence-electron chi connectivity index (χ3n) is 5.41. The van der Waals surface area contributed by atoms with Crippen LogP contribution in [-0.4, -0.2) is 25.4 Å². The van der Waals surface area contributed by atoms with Crippen molar-refractivity contribution in [3.8, 4) is 28.7 Å². The summed E-state index contributed by atoms with van der Waals surface area (Å²) in [4.78, 5) is 23.9. The molecule has 1 N–H and O–H groups in total. The van der Waals surface area contributed by atoms with Gasteiger partial charge in [-0.05, 0) is 29.7 Å². The molecule has 1 aliphatic heterocycles. The quantitative estimate of drug-likeness (QED) is 0.699. The molecule has 30 heavy (non-hydrogen) atoms. The van der Waals surface area contributed by atoms with Gasteiger partial charge in [-0.1, -0.05) is 20.8 Å². The Morgan fingerprint density at radius 2 is 2.00 bits per heavy atom. The van der Waals surface area contributed by atoms with Gasteiger partial charge in [0.25, 0.3) is 0 Å². The lowest BCUT2D eigenvalue weighted by Crippen LogP contribution is -2.35. The first-order chi connectivity index (χ1) is 14.1. The number of aromatic nitrogens is 3. The van der Waals surface area contributed by atoms with E-state index in [0.29, 0.717) is 29.2 Å². The Labute approximate surface area is 171 Å². The molecule has 0 spiro atoms. The van der Waals surface area contributed by atoms with Crippen LogP contribution in [0.25, 0.3) is 22.6 Å². The number of fused-ring (bicyclic) bond motifs is 3. The van der Waals surface area contributed by atoms with Crippen molar-refractivity contribution in [1.82, 2.24) is 14.3 Å². The molecule has 8 heteroatoms. The highest BCUT2D eigenvalue weighted by Crippen LogP contribution is 2.40. The van der Waals surface area contributed by atoms with E-state index < -0.39 is 17.2 Å². The van der Waals surface area contributed by atoms with Crippen molar-refractivity contribution in [3.05, 3.63) is 63.7 Å². The molecular weight excluding hydrogens is 387 g/mol. The van der Waals surface area contributed by atoms with Crippen molar-refractivity contribution < 1.29 is 14.3 Å². The van der Waals surface area contributed by atoms with Crippen LogP contribution in [0.1, 0.15) is 42.7 Å². The lowest BCUT2D eigenvalue weighted by molar-refractivity contribution is 0.0693. The average molecular weight is 406 g/mol. The predicted octanol–water partition coefficient (Wildman–Crippen LogP) is 3.69. The smallest absolute Gasteiger partial charge is 0.341 e. The molecule has 0 fully saturated rings. The molecule has 0 aliphatic carbocycles. The van der Waals surface area contributed by atoms with E-state index in [0.717, 1.165) is 0 Å². The molecule has 1 aliphatic rings. The Balaban J connectivity index is 1.97. The van der Waals surface area contributed by atoms with Crippen molar-refractivity contribution in [3.63, 3.8) is 0 Å². The van der Waals surface area contributed by atoms with Gasteiger partial charge in [0.2, 0.25) is 0 Å². The zero-order valence-corrected chi connectivity index (χ0v) is 16.7. The molecule has 4 rings (SSSR count). The number of halogens is 1. The molecule has 0 unspecified atom stereocenters. The van der Waals surface area contributed by atoms with Crippen LogP contribution in [0.2, 0.25) is 0 Å². The van der Waals surface area contributed by atoms with Crippen LogP contribution in [-0.2, 0) is 6.54 Å². The van der Waals surface area contributed by atoms with Crippen molar-refractivity contribution in [1.29, 1.82) is 5.26 Å². The summed E-state index contributed by atoms with van der Waals surface area (Å²) < 4.78 is 17.4. The van der Waals surface area contributed by atoms with Crippen molar-refractivity contribution in [2.45, 2.75) is 33.4 Å². The first-order valence-corrected chi connectivity index (χ1v) is 9.38. The molecule has 0 radical (unpaired) electrons. The molecule has 0 saturated carbocycles. The summed E-state index contributed by atoms with van der Waals surface area (Å²) in [6.07, 6.45) is 1.38. The van der Waals surface area contributed by atoms with Crippen LogP contribution in [0.5, 0.6) is 0 Å². The summed E-state index contributed by atoms with van der Waals surface area (Å²) in [5.41, 5.74) is 1.05. The third kappa shape index (κ3) is 3.08. The van der Waals surface area contributed by atoms with E-state index in [1.54, 1.807) is 10.7 Å². The minimum absolute atomic E-state index is 0.172. The van der Waals surface area contributed by atoms with Gasteiger partial charge < -0.3 is 9.67 Å². The Morgan fingerprint density at radius 3 is 2.63 bits per heavy atom. The zero-order valence-electron chi connectivity index (χ0n) is 16.7. The van der Waals surface area contributed by atoms with Crippen LogP contribution in [0, 0.1) is 22.6 Å². The van der Waals surface area contributed by atoms with Gasteiger partial charge in [0.05, 0.1) is 41.3 Å². The fourth-order valence-electron chi connectivity index (χ4n) is 3.84. The summed E-state index contributed by atoms with van der Waals surface area (Å²) in [5.74, 6) is -1.76. The fraction of sp³-hybridized carbons (Fsp3) is 0.273. The Morgan fingerprint density at radius 1 is 1.27 bits per heavy atom. The summed E-state index contributed by atoms with van der Waals surface area (Å²) in [7, 11) is 0. The fourth-order valence-corrected chi connectivity index (χ4v) is 3.84. The van der Waals surface area contributed by atoms with Gasteiger partial charge >= 0.3 is 5.97 Å². The summed E-state index contributed by atoms with van der Waals surface area (Å²) in [5, 5.41) is 23.4. The van der Waals surface area contributed by atoms with E-state index in [2.05, 4.69) is 5.10 Å². The molecule has 3 aromatic rings. The van der Waals surface area contributed by atoms with Crippen LogP contribution in [0.3, 0.4) is 0 Å². The van der Waals surface area contributed by atoms with E-state index in [-0.39, 0.29) is 22.6 Å². The van der Waals surface area contributed by atoms with Crippen LogP contribution in [0.4, 0.5) is 4.39 Å². The lowest BCUT2D eigenvalue weighted by atomic mass is 9.85. The number of benzene rings is 1. The standard InChI is InChI=1S/C22H19FN4O3/c1-22(2,3)20-11-27-18(17-8-19(28)15(21(29)30)10-26(17)20)7-16(25-27)14-6-13(23)5-4-12(14)9-24/h4-8,10,20H,11H2,1-3H3,(H,29,30)/t20-/m0/s1. The van der Waals surface area contributed by atoms with Gasteiger partial charge in [-0.2, -0.15) is 10.4 Å². The second-order valence-electron chi connectivity index (χ2n) is 8.43. The van der Waals surface area contributed by atoms with Crippen molar-refractivity contribution in [2.75, 3.05) is 0 Å². The lowest BCUT2D eigenvalue weighted by Gasteiger charge is -2.38. The maximum atomic E-state index is 13.8. The third-order valence-corrected chi connectivity index (χ3v) is 5.41. The van der Waals surface area contributed by atoms with Crippen LogP contribution >= 0.6 is 0 Å². The van der Waals surface area contributed by atoms with Crippen molar-refractivity contribution in [2.24, 2.45) is 5.41 Å². The number of pyridine rings is 1. The number of carbonyl (C=O) groups is 1. The number of nitrogens with zero attached hydrogens (tertiary/aromatic N) is 4. The first-order valence-electron chi connectivity index (χ1n) is 9.38. The van der Waals surface area contributed by atoms with Gasteiger partial charge in [-0.3, -0.25) is 9.48 Å². The van der Waals surface area contributed by atoms with E-state index in [9.17, 15) is 24.3 Å². The highest BCUT2D eigenvalue weighted by atomic mass is 19.1. The summed E-state index contributed by atoms with van der Waals surface area (Å²) in [6, 6.07) is 8.75. The Bertz CT molecular complexity index is 1290. The SMILES string of the molecule is CC(C)(C)[C@@H]1Cn2nc(-c3cc(F)ccc3C#N)cc2-c2cc(=O)c(C(=O)O)cn21. The molecule has 152 valence electrons. The van der Waals surface area contributed by atoms with Gasteiger partial charge in [-0.25, -0.2) is 9.18 Å². The number of hydrogen-bond acceptors (Lipinski definition) is 4. The number of rotatable bonds is 2. The normalized spacial score (nSPS) is 15.2. The van der Waals surface area contributed by atoms with Gasteiger partial charge in [0, 0.05) is 17.8 Å². The molecule has 2 aromatic heterocycles. The molecular formula is C22H19FN4O3. The minimum Gasteiger partial charge on any atom is -0.477 e.